The van der Waals surface area contributed by atoms with Crippen LogP contribution in [0, 0.1) is 23.4 Å². The summed E-state index contributed by atoms with van der Waals surface area (Å²) in [5.41, 5.74) is 1.49. The Morgan fingerprint density at radius 3 is 2.36 bits per heavy atom. The predicted octanol–water partition coefficient (Wildman–Crippen LogP) is 3.96. The number of nitrogens with zero attached hydrogens (tertiary/aromatic N) is 5. The van der Waals surface area contributed by atoms with Crippen molar-refractivity contribution in [3.8, 4) is 0 Å². The molecule has 1 amide bonds. The Morgan fingerprint density at radius 1 is 0.939 bits per heavy atom. The van der Waals surface area contributed by atoms with Crippen molar-refractivity contribution in [1.82, 2.24) is 14.7 Å². The number of carbonyl (C=O) groups excluding carboxylic acids is 1. The van der Waals surface area contributed by atoms with Gasteiger partial charge in [-0.1, -0.05) is 0 Å². The van der Waals surface area contributed by atoms with Crippen LogP contribution in [0.1, 0.15) is 18.5 Å². The molecule has 3 heterocycles. The molecule has 9 heteroatoms. The Balaban J connectivity index is 1.42. The van der Waals surface area contributed by atoms with Gasteiger partial charge in [0.1, 0.15) is 23.4 Å². The number of piperazine rings is 1. The van der Waals surface area contributed by atoms with Crippen molar-refractivity contribution in [2.45, 2.75) is 13.0 Å². The van der Waals surface area contributed by atoms with Gasteiger partial charge in [-0.25, -0.2) is 22.8 Å². The smallest absolute Gasteiger partial charge is 0.234 e. The summed E-state index contributed by atoms with van der Waals surface area (Å²) in [4.78, 5) is 22.0. The molecule has 1 saturated heterocycles. The van der Waals surface area contributed by atoms with Crippen LogP contribution in [0.15, 0.2) is 59.7 Å². The van der Waals surface area contributed by atoms with Crippen molar-refractivity contribution in [2.24, 2.45) is 10.9 Å². The van der Waals surface area contributed by atoms with Gasteiger partial charge in [0.05, 0.1) is 12.2 Å². The molecule has 0 spiro atoms. The molecule has 2 atom stereocenters. The first-order chi connectivity index (χ1) is 15.9. The Morgan fingerprint density at radius 2 is 1.64 bits per heavy atom. The summed E-state index contributed by atoms with van der Waals surface area (Å²) < 4.78 is 43.6. The van der Waals surface area contributed by atoms with Gasteiger partial charge in [0, 0.05) is 49.2 Å². The molecule has 0 aliphatic carbocycles. The van der Waals surface area contributed by atoms with E-state index in [1.54, 1.807) is 30.0 Å². The molecule has 2 aliphatic heterocycles. The molecule has 1 aromatic heterocycles. The molecule has 6 nitrogen and oxygen atoms in total. The summed E-state index contributed by atoms with van der Waals surface area (Å²) in [5, 5.41) is 4.27. The van der Waals surface area contributed by atoms with Gasteiger partial charge in [0.2, 0.25) is 5.91 Å². The van der Waals surface area contributed by atoms with Crippen molar-refractivity contribution >= 4 is 23.1 Å². The molecule has 2 aliphatic rings. The average molecular weight is 453 g/mol. The number of aromatic nitrogens is 2. The lowest BCUT2D eigenvalue weighted by Crippen LogP contribution is -2.53. The maximum absolute atomic E-state index is 14.8. The molecule has 33 heavy (non-hydrogen) atoms. The largest absolute Gasteiger partial charge is 0.368 e. The molecule has 5 rings (SSSR count). The van der Waals surface area contributed by atoms with Crippen LogP contribution < -0.4 is 4.90 Å². The number of rotatable bonds is 3. The molecular weight excluding hydrogens is 431 g/mol. The van der Waals surface area contributed by atoms with E-state index in [1.165, 1.54) is 23.0 Å². The summed E-state index contributed by atoms with van der Waals surface area (Å²) >= 11 is 0. The lowest BCUT2D eigenvalue weighted by atomic mass is 9.86. The Kier molecular flexibility index (Phi) is 5.39. The number of hydrogen-bond donors (Lipinski definition) is 0. The van der Waals surface area contributed by atoms with Crippen LogP contribution in [0.3, 0.4) is 0 Å². The third-order valence-corrected chi connectivity index (χ3v) is 6.30. The fourth-order valence-electron chi connectivity index (χ4n) is 4.63. The molecular formula is C24H22F3N5O. The highest BCUT2D eigenvalue weighted by Crippen LogP contribution is 2.38. The van der Waals surface area contributed by atoms with Crippen molar-refractivity contribution in [2.75, 3.05) is 31.1 Å². The second-order valence-electron chi connectivity index (χ2n) is 8.26. The average Bonchev–Trinajstić information content (AvgIpc) is 3.28. The zero-order valence-corrected chi connectivity index (χ0v) is 18.0. The molecule has 0 bridgehead atoms. The fraction of sp³-hybridized carbons (Fsp3) is 0.292. The first-order valence-corrected chi connectivity index (χ1v) is 10.8. The number of fused-ring (bicyclic) bond motifs is 1. The van der Waals surface area contributed by atoms with Gasteiger partial charge < -0.3 is 9.80 Å². The summed E-state index contributed by atoms with van der Waals surface area (Å²) in [5.74, 6) is -2.01. The van der Waals surface area contributed by atoms with Crippen molar-refractivity contribution < 1.29 is 18.0 Å². The van der Waals surface area contributed by atoms with E-state index in [4.69, 9.17) is 0 Å². The number of hydrogen-bond acceptors (Lipinski definition) is 4. The first-order valence-electron chi connectivity index (χ1n) is 10.8. The first kappa shape index (κ1) is 21.2. The van der Waals surface area contributed by atoms with E-state index >= 15 is 0 Å². The third-order valence-electron chi connectivity index (χ3n) is 6.30. The van der Waals surface area contributed by atoms with E-state index in [1.807, 2.05) is 0 Å². The van der Waals surface area contributed by atoms with E-state index in [0.717, 1.165) is 23.9 Å². The normalized spacial score (nSPS) is 20.4. The maximum atomic E-state index is 14.8. The minimum absolute atomic E-state index is 0.0671. The summed E-state index contributed by atoms with van der Waals surface area (Å²) in [6, 6.07) is 10.3. The minimum atomic E-state index is -0.842. The second kappa shape index (κ2) is 8.38. The van der Waals surface area contributed by atoms with Crippen LogP contribution in [0.2, 0.25) is 0 Å². The molecule has 3 aromatic rings. The molecule has 1 fully saturated rings. The monoisotopic (exact) mass is 453 g/mol. The number of anilines is 1. The van der Waals surface area contributed by atoms with Crippen molar-refractivity contribution in [3.05, 3.63) is 77.7 Å². The highest BCUT2D eigenvalue weighted by Gasteiger charge is 2.42. The van der Waals surface area contributed by atoms with E-state index in [-0.39, 0.29) is 17.3 Å². The quantitative estimate of drug-likeness (QED) is 0.603. The highest BCUT2D eigenvalue weighted by molar-refractivity contribution is 6.05. The zero-order chi connectivity index (χ0) is 23.1. The number of halogens is 3. The van der Waals surface area contributed by atoms with E-state index in [2.05, 4.69) is 15.0 Å². The molecule has 0 N–H and O–H groups in total. The topological polar surface area (TPSA) is 53.7 Å². The number of benzene rings is 2. The van der Waals surface area contributed by atoms with Crippen molar-refractivity contribution in [3.63, 3.8) is 0 Å². The third kappa shape index (κ3) is 3.88. The van der Waals surface area contributed by atoms with Crippen LogP contribution in [-0.2, 0) is 4.79 Å². The molecule has 170 valence electrons. The summed E-state index contributed by atoms with van der Waals surface area (Å²) in [6.07, 6.45) is 1.53. The number of amides is 1. The predicted molar refractivity (Wildman–Crippen MR) is 118 cm³/mol. The van der Waals surface area contributed by atoms with Crippen molar-refractivity contribution in [1.29, 1.82) is 0 Å². The fourth-order valence-corrected chi connectivity index (χ4v) is 4.63. The van der Waals surface area contributed by atoms with Crippen LogP contribution in [0.5, 0.6) is 0 Å². The molecule has 0 saturated carbocycles. The van der Waals surface area contributed by atoms with E-state index < -0.39 is 23.6 Å². The summed E-state index contributed by atoms with van der Waals surface area (Å²) in [6.45, 7) is 3.78. The Hall–Kier alpha value is -3.62. The molecule has 2 unspecified atom stereocenters. The van der Waals surface area contributed by atoms with Crippen LogP contribution in [-0.4, -0.2) is 52.5 Å². The van der Waals surface area contributed by atoms with E-state index in [0.29, 0.717) is 37.7 Å². The van der Waals surface area contributed by atoms with Gasteiger partial charge in [0.25, 0.3) is 0 Å². The number of aliphatic imine (C=N–C) groups is 1. The Labute approximate surface area is 188 Å². The van der Waals surface area contributed by atoms with Crippen LogP contribution in [0.25, 0.3) is 0 Å². The molecule has 2 aromatic carbocycles. The second-order valence-corrected chi connectivity index (χ2v) is 8.26. The lowest BCUT2D eigenvalue weighted by molar-refractivity contribution is -0.134. The van der Waals surface area contributed by atoms with Gasteiger partial charge in [-0.3, -0.25) is 4.79 Å². The number of carbonyl (C=O) groups is 1. The SMILES string of the molecule is CC1=Nc2ccnn2C(c2cc(F)ccc2F)C1C(=O)N1CCN(c2ccc(F)cc2)CC1. The Bertz CT molecular complexity index is 1220. The zero-order valence-electron chi connectivity index (χ0n) is 18.0. The molecule has 0 radical (unpaired) electrons. The van der Waals surface area contributed by atoms with Crippen LogP contribution >= 0.6 is 0 Å². The van der Waals surface area contributed by atoms with Gasteiger partial charge in [-0.15, -0.1) is 0 Å². The summed E-state index contributed by atoms with van der Waals surface area (Å²) in [7, 11) is 0. The van der Waals surface area contributed by atoms with Crippen LogP contribution in [0.4, 0.5) is 24.7 Å². The van der Waals surface area contributed by atoms with Gasteiger partial charge in [0.15, 0.2) is 5.82 Å². The highest BCUT2D eigenvalue weighted by atomic mass is 19.1. The van der Waals surface area contributed by atoms with Gasteiger partial charge in [-0.05, 0) is 49.4 Å². The lowest BCUT2D eigenvalue weighted by Gasteiger charge is -2.40. The van der Waals surface area contributed by atoms with Gasteiger partial charge in [-0.2, -0.15) is 5.10 Å². The maximum Gasteiger partial charge on any atom is 0.234 e. The standard InChI is InChI=1S/C24H22F3N5O/c1-15-22(24(33)31-12-10-30(11-13-31)18-5-2-16(25)3-6-18)23(32-21(29-15)8-9-28-32)19-14-17(26)4-7-20(19)27/h2-9,14,22-23H,10-13H2,1H3. The minimum Gasteiger partial charge on any atom is -0.368 e. The van der Waals surface area contributed by atoms with Gasteiger partial charge >= 0.3 is 0 Å². The van der Waals surface area contributed by atoms with E-state index in [9.17, 15) is 18.0 Å².